The minimum atomic E-state index is -4.47. The normalized spacial score (nSPS) is 13.9. The molecule has 0 aromatic heterocycles. The summed E-state index contributed by atoms with van der Waals surface area (Å²) in [5, 5.41) is 22.2. The van der Waals surface area contributed by atoms with Gasteiger partial charge in [-0.3, -0.25) is 4.55 Å². The first-order valence-electron chi connectivity index (χ1n) is 9.81. The van der Waals surface area contributed by atoms with Gasteiger partial charge < -0.3 is 29.2 Å². The van der Waals surface area contributed by atoms with E-state index in [0.29, 0.717) is 33.0 Å². The van der Waals surface area contributed by atoms with E-state index in [4.69, 9.17) is 18.9 Å². The zero-order valence-electron chi connectivity index (χ0n) is 17.7. The number of aliphatic hydroxyl groups is 2. The lowest BCUT2D eigenvalue weighted by Gasteiger charge is -2.20. The summed E-state index contributed by atoms with van der Waals surface area (Å²) in [6.07, 6.45) is -1.77. The summed E-state index contributed by atoms with van der Waals surface area (Å²) in [6.45, 7) is -0.0123. The van der Waals surface area contributed by atoms with Gasteiger partial charge in [-0.05, 0) is 18.2 Å². The lowest BCUT2D eigenvalue weighted by molar-refractivity contribution is 0.0327. The third-order valence-electron chi connectivity index (χ3n) is 4.75. The molecule has 0 fully saturated rings. The van der Waals surface area contributed by atoms with Crippen molar-refractivity contribution in [3.63, 3.8) is 0 Å². The maximum Gasteiger partial charge on any atom is 0.294 e. The van der Waals surface area contributed by atoms with Gasteiger partial charge in [0.2, 0.25) is 0 Å². The number of hydrogen-bond acceptors (Lipinski definition) is 8. The third kappa shape index (κ3) is 5.47. The maximum atomic E-state index is 11.8. The van der Waals surface area contributed by atoms with Crippen LogP contribution in [-0.4, -0.2) is 76.0 Å². The minimum Gasteiger partial charge on any atom is -0.489 e. The zero-order chi connectivity index (χ0) is 23.3. The second kappa shape index (κ2) is 10.4. The highest BCUT2D eigenvalue weighted by Gasteiger charge is 2.20. The van der Waals surface area contributed by atoms with Crippen molar-refractivity contribution in [1.82, 2.24) is 0 Å². The standard InChI is InChI=1S/C22H26O9S/c1-28-10-14(23)12-30-21-17-5-3-4-6-18(17)22(31-13-15(24)11-29-2)20-9-16(32(25,26)27)7-8-19(20)21/h3-9,14-15,23-24H,10-13H2,1-2H3,(H,25,26,27). The fourth-order valence-corrected chi connectivity index (χ4v) is 3.90. The van der Waals surface area contributed by atoms with Gasteiger partial charge in [0.1, 0.15) is 36.9 Å². The van der Waals surface area contributed by atoms with E-state index in [-0.39, 0.29) is 31.3 Å². The van der Waals surface area contributed by atoms with E-state index in [9.17, 15) is 23.2 Å². The molecular weight excluding hydrogens is 440 g/mol. The zero-order valence-corrected chi connectivity index (χ0v) is 18.5. The second-order valence-corrected chi connectivity index (χ2v) is 8.65. The summed E-state index contributed by atoms with van der Waals surface area (Å²) >= 11 is 0. The topological polar surface area (TPSA) is 132 Å². The van der Waals surface area contributed by atoms with Gasteiger partial charge in [0.25, 0.3) is 10.1 Å². The van der Waals surface area contributed by atoms with Crippen LogP contribution in [0.4, 0.5) is 0 Å². The van der Waals surface area contributed by atoms with Crippen LogP contribution in [0.2, 0.25) is 0 Å². The lowest BCUT2D eigenvalue weighted by Crippen LogP contribution is -2.23. The van der Waals surface area contributed by atoms with E-state index in [2.05, 4.69) is 0 Å². The molecule has 3 N–H and O–H groups in total. The summed E-state index contributed by atoms with van der Waals surface area (Å²) in [7, 11) is -1.55. The van der Waals surface area contributed by atoms with Gasteiger partial charge in [0.15, 0.2) is 0 Å². The van der Waals surface area contributed by atoms with Crippen LogP contribution in [0, 0.1) is 0 Å². The fourth-order valence-electron chi connectivity index (χ4n) is 3.39. The van der Waals surface area contributed by atoms with Crippen molar-refractivity contribution in [2.45, 2.75) is 17.1 Å². The average molecular weight is 467 g/mol. The molecule has 0 aliphatic carbocycles. The largest absolute Gasteiger partial charge is 0.489 e. The molecule has 32 heavy (non-hydrogen) atoms. The molecule has 3 aromatic rings. The van der Waals surface area contributed by atoms with E-state index in [1.807, 2.05) is 12.1 Å². The van der Waals surface area contributed by atoms with Crippen molar-refractivity contribution < 1.29 is 42.1 Å². The van der Waals surface area contributed by atoms with Gasteiger partial charge in [0, 0.05) is 35.8 Å². The fraction of sp³-hybridized carbons (Fsp3) is 0.364. The Labute approximate surface area is 185 Å². The van der Waals surface area contributed by atoms with E-state index in [1.165, 1.54) is 32.4 Å². The highest BCUT2D eigenvalue weighted by Crippen LogP contribution is 2.43. The van der Waals surface area contributed by atoms with E-state index < -0.39 is 22.3 Å². The number of hydrogen-bond donors (Lipinski definition) is 3. The predicted molar refractivity (Wildman–Crippen MR) is 118 cm³/mol. The Bertz CT molecular complexity index is 1180. The van der Waals surface area contributed by atoms with Crippen LogP contribution in [-0.2, 0) is 19.6 Å². The molecule has 0 aliphatic heterocycles. The number of benzene rings is 3. The van der Waals surface area contributed by atoms with Crippen LogP contribution < -0.4 is 9.47 Å². The first-order chi connectivity index (χ1) is 15.3. The molecule has 2 unspecified atom stereocenters. The molecule has 0 heterocycles. The summed E-state index contributed by atoms with van der Waals surface area (Å²) in [6, 6.07) is 11.2. The van der Waals surface area contributed by atoms with Crippen molar-refractivity contribution in [2.24, 2.45) is 0 Å². The van der Waals surface area contributed by atoms with Crippen LogP contribution in [0.25, 0.3) is 21.5 Å². The molecule has 0 saturated heterocycles. The van der Waals surface area contributed by atoms with Crippen molar-refractivity contribution in [3.05, 3.63) is 42.5 Å². The second-order valence-electron chi connectivity index (χ2n) is 7.23. The molecule has 0 aliphatic rings. The first-order valence-corrected chi connectivity index (χ1v) is 11.3. The summed E-state index contributed by atoms with van der Waals surface area (Å²) in [5.41, 5.74) is 0. The number of methoxy groups -OCH3 is 2. The first kappa shape index (κ1) is 24.2. The highest BCUT2D eigenvalue weighted by atomic mass is 32.2. The van der Waals surface area contributed by atoms with Gasteiger partial charge in [-0.15, -0.1) is 0 Å². The van der Waals surface area contributed by atoms with Crippen molar-refractivity contribution in [2.75, 3.05) is 40.6 Å². The Morgan fingerprint density at radius 3 is 1.69 bits per heavy atom. The molecule has 0 spiro atoms. The van der Waals surface area contributed by atoms with Crippen molar-refractivity contribution in [3.8, 4) is 11.5 Å². The van der Waals surface area contributed by atoms with Crippen LogP contribution in [0.3, 0.4) is 0 Å². The number of fused-ring (bicyclic) bond motifs is 2. The van der Waals surface area contributed by atoms with Gasteiger partial charge in [-0.2, -0.15) is 8.42 Å². The Balaban J connectivity index is 2.21. The van der Waals surface area contributed by atoms with Gasteiger partial charge in [0.05, 0.1) is 18.1 Å². The van der Waals surface area contributed by atoms with Gasteiger partial charge in [-0.1, -0.05) is 24.3 Å². The average Bonchev–Trinajstić information content (AvgIpc) is 2.75. The number of ether oxygens (including phenoxy) is 4. The Morgan fingerprint density at radius 1 is 0.750 bits per heavy atom. The van der Waals surface area contributed by atoms with Crippen molar-refractivity contribution in [1.29, 1.82) is 0 Å². The van der Waals surface area contributed by atoms with Gasteiger partial charge in [-0.25, -0.2) is 0 Å². The van der Waals surface area contributed by atoms with Crippen LogP contribution in [0.5, 0.6) is 11.5 Å². The van der Waals surface area contributed by atoms with Crippen molar-refractivity contribution >= 4 is 31.7 Å². The molecule has 0 amide bonds. The van der Waals surface area contributed by atoms with Crippen LogP contribution in [0.1, 0.15) is 0 Å². The molecule has 3 aromatic carbocycles. The Hall–Kier alpha value is -2.47. The summed E-state index contributed by atoms with van der Waals surface area (Å²) in [4.78, 5) is -0.312. The molecule has 174 valence electrons. The van der Waals surface area contributed by atoms with Crippen LogP contribution in [0.15, 0.2) is 47.4 Å². The van der Waals surface area contributed by atoms with Crippen LogP contribution >= 0.6 is 0 Å². The Morgan fingerprint density at radius 2 is 1.22 bits per heavy atom. The number of aliphatic hydroxyl groups excluding tert-OH is 2. The Kier molecular flexibility index (Phi) is 7.88. The summed E-state index contributed by atoms with van der Waals surface area (Å²) < 4.78 is 54.7. The maximum absolute atomic E-state index is 11.8. The molecule has 10 heteroatoms. The molecule has 0 bridgehead atoms. The molecule has 0 radical (unpaired) electrons. The quantitative estimate of drug-likeness (QED) is 0.287. The van der Waals surface area contributed by atoms with Gasteiger partial charge >= 0.3 is 0 Å². The summed E-state index contributed by atoms with van der Waals surface area (Å²) in [5.74, 6) is 0.735. The van der Waals surface area contributed by atoms with E-state index in [0.717, 1.165) is 0 Å². The monoisotopic (exact) mass is 466 g/mol. The number of rotatable bonds is 11. The third-order valence-corrected chi connectivity index (χ3v) is 5.60. The molecule has 9 nitrogen and oxygen atoms in total. The molecule has 2 atom stereocenters. The molecular formula is C22H26O9S. The smallest absolute Gasteiger partial charge is 0.294 e. The van der Waals surface area contributed by atoms with E-state index in [1.54, 1.807) is 12.1 Å². The predicted octanol–water partition coefficient (Wildman–Crippen LogP) is 2.01. The lowest BCUT2D eigenvalue weighted by atomic mass is 10.0. The molecule has 0 saturated carbocycles. The highest BCUT2D eigenvalue weighted by molar-refractivity contribution is 7.85. The van der Waals surface area contributed by atoms with E-state index >= 15 is 0 Å². The SMILES string of the molecule is COCC(O)COc1c2ccccc2c(OCC(O)COC)c2cc(S(=O)(=O)O)ccc12. The minimum absolute atomic E-state index is 0.0558. The molecule has 3 rings (SSSR count).